The van der Waals surface area contributed by atoms with Crippen LogP contribution in [-0.2, 0) is 6.42 Å². The van der Waals surface area contributed by atoms with Gasteiger partial charge in [0.25, 0.3) is 0 Å². The van der Waals surface area contributed by atoms with Crippen LogP contribution in [0, 0.1) is 0 Å². The summed E-state index contributed by atoms with van der Waals surface area (Å²) in [7, 11) is 0. The van der Waals surface area contributed by atoms with E-state index < -0.39 is 0 Å². The fourth-order valence-electron chi connectivity index (χ4n) is 1.73. The normalized spacial score (nSPS) is 12.6. The molecule has 0 fully saturated rings. The molecular weight excluding hydrogens is 250 g/mol. The summed E-state index contributed by atoms with van der Waals surface area (Å²) in [6, 6.07) is 7.66. The zero-order valence-electron chi connectivity index (χ0n) is 10.3. The van der Waals surface area contributed by atoms with Gasteiger partial charge in [-0.1, -0.05) is 41.9 Å². The highest BCUT2D eigenvalue weighted by Gasteiger charge is 2.14. The second-order valence-corrected chi connectivity index (χ2v) is 4.70. The third kappa shape index (κ3) is 3.09. The second-order valence-electron chi connectivity index (χ2n) is 4.30. The fourth-order valence-corrected chi connectivity index (χ4v) is 1.93. The van der Waals surface area contributed by atoms with Crippen molar-refractivity contribution in [1.29, 1.82) is 0 Å². The molecule has 2 aromatic rings. The van der Waals surface area contributed by atoms with Gasteiger partial charge >= 0.3 is 0 Å². The Hall–Kier alpha value is -1.39. The minimum absolute atomic E-state index is 0.197. The lowest BCUT2D eigenvalue weighted by Gasteiger charge is -2.02. The lowest BCUT2D eigenvalue weighted by atomic mass is 10.1. The maximum Gasteiger partial charge on any atom is 0.229 e. The molecular formula is C13H16ClN3O. The van der Waals surface area contributed by atoms with E-state index in [1.54, 1.807) is 0 Å². The molecule has 0 bridgehead atoms. The molecule has 1 unspecified atom stereocenters. The van der Waals surface area contributed by atoms with E-state index in [-0.39, 0.29) is 5.92 Å². The van der Waals surface area contributed by atoms with E-state index in [2.05, 4.69) is 10.1 Å². The molecule has 0 radical (unpaired) electrons. The predicted molar refractivity (Wildman–Crippen MR) is 70.6 cm³/mol. The number of nitrogens with two attached hydrogens (primary N) is 1. The molecule has 1 aromatic carbocycles. The van der Waals surface area contributed by atoms with Crippen molar-refractivity contribution >= 4 is 11.6 Å². The molecule has 4 nitrogen and oxygen atoms in total. The van der Waals surface area contributed by atoms with E-state index in [1.165, 1.54) is 0 Å². The van der Waals surface area contributed by atoms with Crippen LogP contribution in [0.25, 0.3) is 0 Å². The Morgan fingerprint density at radius 1 is 1.39 bits per heavy atom. The van der Waals surface area contributed by atoms with Crippen molar-refractivity contribution in [3.8, 4) is 0 Å². The van der Waals surface area contributed by atoms with Gasteiger partial charge in [-0.05, 0) is 24.6 Å². The summed E-state index contributed by atoms with van der Waals surface area (Å²) in [5.74, 6) is 1.49. The lowest BCUT2D eigenvalue weighted by Crippen LogP contribution is -2.04. The molecule has 0 amide bonds. The molecule has 0 spiro atoms. The van der Waals surface area contributed by atoms with Crippen molar-refractivity contribution in [3.05, 3.63) is 46.6 Å². The highest BCUT2D eigenvalue weighted by Crippen LogP contribution is 2.20. The lowest BCUT2D eigenvalue weighted by molar-refractivity contribution is 0.351. The van der Waals surface area contributed by atoms with Crippen LogP contribution in [0.15, 0.2) is 28.8 Å². The molecule has 0 aliphatic carbocycles. The standard InChI is InChI=1S/C13H16ClN3O/c1-9(6-7-15)13-16-12(17-18-13)8-10-4-2-3-5-11(10)14/h2-5,9H,6-8,15H2,1H3. The first-order valence-corrected chi connectivity index (χ1v) is 6.34. The van der Waals surface area contributed by atoms with E-state index in [4.69, 9.17) is 21.9 Å². The highest BCUT2D eigenvalue weighted by molar-refractivity contribution is 6.31. The number of rotatable bonds is 5. The van der Waals surface area contributed by atoms with Gasteiger partial charge in [-0.15, -0.1) is 0 Å². The largest absolute Gasteiger partial charge is 0.339 e. The summed E-state index contributed by atoms with van der Waals surface area (Å²) in [6.07, 6.45) is 1.42. The third-order valence-corrected chi connectivity index (χ3v) is 3.18. The maximum atomic E-state index is 6.09. The van der Waals surface area contributed by atoms with Gasteiger partial charge < -0.3 is 10.3 Å². The molecule has 5 heteroatoms. The van der Waals surface area contributed by atoms with Crippen molar-refractivity contribution in [3.63, 3.8) is 0 Å². The van der Waals surface area contributed by atoms with Gasteiger partial charge in [0, 0.05) is 17.4 Å². The average molecular weight is 266 g/mol. The van der Waals surface area contributed by atoms with Crippen molar-refractivity contribution in [2.45, 2.75) is 25.7 Å². The minimum atomic E-state index is 0.197. The number of aromatic nitrogens is 2. The number of nitrogens with zero attached hydrogens (tertiary/aromatic N) is 2. The van der Waals surface area contributed by atoms with Crippen LogP contribution in [0.1, 0.15) is 36.5 Å². The van der Waals surface area contributed by atoms with E-state index in [0.29, 0.717) is 24.7 Å². The molecule has 0 aliphatic heterocycles. The van der Waals surface area contributed by atoms with E-state index in [0.717, 1.165) is 17.0 Å². The Balaban J connectivity index is 2.09. The number of halogens is 1. The Morgan fingerprint density at radius 3 is 2.89 bits per heavy atom. The zero-order chi connectivity index (χ0) is 13.0. The molecule has 1 heterocycles. The smallest absolute Gasteiger partial charge is 0.229 e. The predicted octanol–water partition coefficient (Wildman–Crippen LogP) is 2.77. The monoisotopic (exact) mass is 265 g/mol. The summed E-state index contributed by atoms with van der Waals surface area (Å²) in [5.41, 5.74) is 6.51. The van der Waals surface area contributed by atoms with Crippen molar-refractivity contribution < 1.29 is 4.52 Å². The van der Waals surface area contributed by atoms with Gasteiger partial charge in [0.1, 0.15) is 0 Å². The molecule has 0 saturated heterocycles. The van der Waals surface area contributed by atoms with Gasteiger partial charge in [-0.2, -0.15) is 4.98 Å². The van der Waals surface area contributed by atoms with Gasteiger partial charge in [-0.25, -0.2) is 0 Å². The molecule has 0 aliphatic rings. The molecule has 96 valence electrons. The molecule has 1 atom stereocenters. The summed E-state index contributed by atoms with van der Waals surface area (Å²) < 4.78 is 5.23. The minimum Gasteiger partial charge on any atom is -0.339 e. The summed E-state index contributed by atoms with van der Waals surface area (Å²) >= 11 is 6.09. The van der Waals surface area contributed by atoms with Crippen LogP contribution in [-0.4, -0.2) is 16.7 Å². The first kappa shape index (κ1) is 13.1. The SMILES string of the molecule is CC(CCN)c1nc(Cc2ccccc2Cl)no1. The van der Waals surface area contributed by atoms with Crippen molar-refractivity contribution in [1.82, 2.24) is 10.1 Å². The Morgan fingerprint density at radius 2 is 2.17 bits per heavy atom. The molecule has 2 N–H and O–H groups in total. The first-order chi connectivity index (χ1) is 8.70. The van der Waals surface area contributed by atoms with Gasteiger partial charge in [0.05, 0.1) is 0 Å². The maximum absolute atomic E-state index is 6.09. The average Bonchev–Trinajstić information content (AvgIpc) is 2.81. The Kier molecular flexibility index (Phi) is 4.33. The highest BCUT2D eigenvalue weighted by atomic mass is 35.5. The number of hydrogen-bond acceptors (Lipinski definition) is 4. The van der Waals surface area contributed by atoms with Crippen molar-refractivity contribution in [2.75, 3.05) is 6.54 Å². The third-order valence-electron chi connectivity index (χ3n) is 2.81. The molecule has 1 aromatic heterocycles. The van der Waals surface area contributed by atoms with Gasteiger partial charge in [-0.3, -0.25) is 0 Å². The number of benzene rings is 1. The summed E-state index contributed by atoms with van der Waals surface area (Å²) in [4.78, 5) is 4.37. The van der Waals surface area contributed by atoms with Crippen LogP contribution < -0.4 is 5.73 Å². The van der Waals surface area contributed by atoms with Crippen LogP contribution >= 0.6 is 11.6 Å². The van der Waals surface area contributed by atoms with E-state index in [1.807, 2.05) is 31.2 Å². The fraction of sp³-hybridized carbons (Fsp3) is 0.385. The van der Waals surface area contributed by atoms with Crippen LogP contribution in [0.2, 0.25) is 5.02 Å². The summed E-state index contributed by atoms with van der Waals surface area (Å²) in [6.45, 7) is 2.64. The van der Waals surface area contributed by atoms with Crippen molar-refractivity contribution in [2.24, 2.45) is 5.73 Å². The van der Waals surface area contributed by atoms with Gasteiger partial charge in [0.15, 0.2) is 5.82 Å². The van der Waals surface area contributed by atoms with Crippen LogP contribution in [0.3, 0.4) is 0 Å². The topological polar surface area (TPSA) is 64.9 Å². The molecule has 2 rings (SSSR count). The molecule has 18 heavy (non-hydrogen) atoms. The summed E-state index contributed by atoms with van der Waals surface area (Å²) in [5, 5.41) is 4.69. The number of hydrogen-bond donors (Lipinski definition) is 1. The first-order valence-electron chi connectivity index (χ1n) is 5.96. The zero-order valence-corrected chi connectivity index (χ0v) is 11.0. The quantitative estimate of drug-likeness (QED) is 0.903. The van der Waals surface area contributed by atoms with Gasteiger partial charge in [0.2, 0.25) is 5.89 Å². The van der Waals surface area contributed by atoms with E-state index >= 15 is 0 Å². The van der Waals surface area contributed by atoms with Crippen LogP contribution in [0.4, 0.5) is 0 Å². The Bertz CT molecular complexity index is 512. The second kappa shape index (κ2) is 5.98. The molecule has 0 saturated carbocycles. The van der Waals surface area contributed by atoms with Crippen LogP contribution in [0.5, 0.6) is 0 Å². The van der Waals surface area contributed by atoms with E-state index in [9.17, 15) is 0 Å². The Labute approximate surface area is 111 Å².